The number of fused-ring (bicyclic) bond motifs is 1. The molecule has 2 aromatic carbocycles. The van der Waals surface area contributed by atoms with Gasteiger partial charge in [0, 0.05) is 32.0 Å². The van der Waals surface area contributed by atoms with Crippen molar-refractivity contribution in [2.45, 2.75) is 37.0 Å². The Balaban J connectivity index is 1.25. The third-order valence-corrected chi connectivity index (χ3v) is 7.19. The van der Waals surface area contributed by atoms with Crippen LogP contribution in [0.25, 0.3) is 11.0 Å². The van der Waals surface area contributed by atoms with E-state index in [1.807, 2.05) is 36.1 Å². The highest BCUT2D eigenvalue weighted by atomic mass is 32.2. The van der Waals surface area contributed by atoms with Gasteiger partial charge in [-0.2, -0.15) is 0 Å². The van der Waals surface area contributed by atoms with Crippen molar-refractivity contribution in [3.8, 4) is 5.75 Å². The van der Waals surface area contributed by atoms with Gasteiger partial charge in [0.1, 0.15) is 11.6 Å². The zero-order valence-corrected chi connectivity index (χ0v) is 18.9. The summed E-state index contributed by atoms with van der Waals surface area (Å²) in [7, 11) is -3.66. The molecule has 0 aliphatic carbocycles. The molecule has 0 radical (unpaired) electrons. The maximum atomic E-state index is 12.6. The maximum absolute atomic E-state index is 12.6. The average Bonchev–Trinajstić information content (AvgIpc) is 3.24. The summed E-state index contributed by atoms with van der Waals surface area (Å²) in [4.78, 5) is 22.6. The number of benzene rings is 2. The number of hydrogen-bond acceptors (Lipinski definition) is 5. The Bertz CT molecular complexity index is 1130. The van der Waals surface area contributed by atoms with Gasteiger partial charge in [0.2, 0.25) is 15.9 Å². The van der Waals surface area contributed by atoms with Crippen molar-refractivity contribution in [1.29, 1.82) is 0 Å². The normalized spacial score (nSPS) is 15.2. The largest absolute Gasteiger partial charge is 0.494 e. The molecule has 1 aliphatic heterocycles. The van der Waals surface area contributed by atoms with Crippen molar-refractivity contribution in [3.63, 3.8) is 0 Å². The molecule has 2 N–H and O–H groups in total. The van der Waals surface area contributed by atoms with Crippen LogP contribution in [0.3, 0.4) is 0 Å². The van der Waals surface area contributed by atoms with Crippen LogP contribution in [-0.2, 0) is 14.8 Å². The molecular weight excluding hydrogens is 428 g/mol. The monoisotopic (exact) mass is 456 g/mol. The first kappa shape index (κ1) is 22.3. The minimum Gasteiger partial charge on any atom is -0.494 e. The lowest BCUT2D eigenvalue weighted by molar-refractivity contribution is -0.132. The molecule has 170 valence electrons. The van der Waals surface area contributed by atoms with E-state index in [9.17, 15) is 13.2 Å². The van der Waals surface area contributed by atoms with Gasteiger partial charge in [-0.15, -0.1) is 0 Å². The molecule has 0 unspecified atom stereocenters. The van der Waals surface area contributed by atoms with E-state index in [1.54, 1.807) is 12.1 Å². The van der Waals surface area contributed by atoms with E-state index >= 15 is 0 Å². The number of aromatic nitrogens is 2. The van der Waals surface area contributed by atoms with Crippen LogP contribution in [0.1, 0.15) is 37.9 Å². The van der Waals surface area contributed by atoms with E-state index in [0.717, 1.165) is 29.7 Å². The van der Waals surface area contributed by atoms with Crippen LogP contribution in [-0.4, -0.2) is 55.4 Å². The molecule has 1 aliphatic rings. The second kappa shape index (κ2) is 9.70. The highest BCUT2D eigenvalue weighted by molar-refractivity contribution is 7.89. The molecule has 32 heavy (non-hydrogen) atoms. The van der Waals surface area contributed by atoms with Gasteiger partial charge in [0.25, 0.3) is 0 Å². The van der Waals surface area contributed by atoms with E-state index in [4.69, 9.17) is 4.74 Å². The molecular formula is C23H28N4O4S. The standard InChI is InChI=1S/C23H28N4O4S/c1-2-31-18-7-9-19(10-8-18)32(29,30)24-14-11-22(28)27-15-12-17(13-16-27)23-25-20-5-3-4-6-21(20)26-23/h3-10,17,24H,2,11-16H2,1H3,(H,25,26). The maximum Gasteiger partial charge on any atom is 0.240 e. The van der Waals surface area contributed by atoms with Crippen LogP contribution in [0, 0.1) is 0 Å². The molecule has 0 spiro atoms. The lowest BCUT2D eigenvalue weighted by Crippen LogP contribution is -2.39. The van der Waals surface area contributed by atoms with Gasteiger partial charge in [-0.1, -0.05) is 12.1 Å². The molecule has 9 heteroatoms. The van der Waals surface area contributed by atoms with E-state index in [-0.39, 0.29) is 23.8 Å². The minimum atomic E-state index is -3.66. The van der Waals surface area contributed by atoms with Crippen LogP contribution in [0.15, 0.2) is 53.4 Å². The number of carbonyl (C=O) groups excluding carboxylic acids is 1. The number of aromatic amines is 1. The van der Waals surface area contributed by atoms with Crippen LogP contribution >= 0.6 is 0 Å². The number of para-hydroxylation sites is 2. The van der Waals surface area contributed by atoms with E-state index in [2.05, 4.69) is 14.7 Å². The van der Waals surface area contributed by atoms with Gasteiger partial charge in [-0.3, -0.25) is 4.79 Å². The Labute approximate surface area is 188 Å². The van der Waals surface area contributed by atoms with Crippen LogP contribution in [0.4, 0.5) is 0 Å². The van der Waals surface area contributed by atoms with Crippen molar-refractivity contribution in [3.05, 3.63) is 54.4 Å². The molecule has 3 aromatic rings. The predicted molar refractivity (Wildman–Crippen MR) is 122 cm³/mol. The number of likely N-dealkylation sites (tertiary alicyclic amines) is 1. The van der Waals surface area contributed by atoms with E-state index in [0.29, 0.717) is 31.4 Å². The smallest absolute Gasteiger partial charge is 0.240 e. The molecule has 1 aromatic heterocycles. The SMILES string of the molecule is CCOc1ccc(S(=O)(=O)NCCC(=O)N2CCC(c3nc4ccccc4[nH]3)CC2)cc1. The molecule has 1 fully saturated rings. The molecule has 8 nitrogen and oxygen atoms in total. The average molecular weight is 457 g/mol. The number of H-pyrrole nitrogens is 1. The van der Waals surface area contributed by atoms with E-state index in [1.165, 1.54) is 12.1 Å². The highest BCUT2D eigenvalue weighted by Gasteiger charge is 2.26. The number of rotatable bonds is 8. The molecule has 0 saturated carbocycles. The number of amides is 1. The summed E-state index contributed by atoms with van der Waals surface area (Å²) in [6, 6.07) is 14.2. The Hall–Kier alpha value is -2.91. The Kier molecular flexibility index (Phi) is 6.76. The fourth-order valence-electron chi connectivity index (χ4n) is 3.98. The molecule has 2 heterocycles. The second-order valence-electron chi connectivity index (χ2n) is 7.85. The Morgan fingerprint density at radius 1 is 1.16 bits per heavy atom. The zero-order valence-electron chi connectivity index (χ0n) is 18.1. The van der Waals surface area contributed by atoms with Gasteiger partial charge in [0.05, 0.1) is 22.5 Å². The molecule has 1 saturated heterocycles. The molecule has 0 atom stereocenters. The number of sulfonamides is 1. The quantitative estimate of drug-likeness (QED) is 0.542. The van der Waals surface area contributed by atoms with Crippen molar-refractivity contribution < 1.29 is 17.9 Å². The van der Waals surface area contributed by atoms with Crippen molar-refractivity contribution in [2.75, 3.05) is 26.2 Å². The Morgan fingerprint density at radius 3 is 2.56 bits per heavy atom. The summed E-state index contributed by atoms with van der Waals surface area (Å²) >= 11 is 0. The lowest BCUT2D eigenvalue weighted by atomic mass is 9.96. The topological polar surface area (TPSA) is 104 Å². The number of carbonyl (C=O) groups is 1. The first-order valence-corrected chi connectivity index (χ1v) is 12.4. The number of hydrogen-bond donors (Lipinski definition) is 2. The number of nitrogens with one attached hydrogen (secondary N) is 2. The molecule has 4 rings (SSSR count). The third kappa shape index (κ3) is 5.11. The summed E-state index contributed by atoms with van der Waals surface area (Å²) in [5, 5.41) is 0. The third-order valence-electron chi connectivity index (χ3n) is 5.72. The summed E-state index contributed by atoms with van der Waals surface area (Å²) < 4.78 is 32.7. The summed E-state index contributed by atoms with van der Waals surface area (Å²) in [5.41, 5.74) is 1.99. The van der Waals surface area contributed by atoms with E-state index < -0.39 is 10.0 Å². The van der Waals surface area contributed by atoms with Crippen molar-refractivity contribution >= 4 is 27.0 Å². The minimum absolute atomic E-state index is 0.0394. The summed E-state index contributed by atoms with van der Waals surface area (Å²) in [6.45, 7) is 3.74. The predicted octanol–water partition coefficient (Wildman–Crippen LogP) is 3.04. The summed E-state index contributed by atoms with van der Waals surface area (Å²) in [5.74, 6) is 1.85. The van der Waals surface area contributed by atoms with Gasteiger partial charge < -0.3 is 14.6 Å². The first-order valence-electron chi connectivity index (χ1n) is 10.9. The van der Waals surface area contributed by atoms with Crippen LogP contribution in [0.5, 0.6) is 5.75 Å². The van der Waals surface area contributed by atoms with Gasteiger partial charge in [-0.05, 0) is 56.2 Å². The summed E-state index contributed by atoms with van der Waals surface area (Å²) in [6.07, 6.45) is 1.80. The van der Waals surface area contributed by atoms with Gasteiger partial charge in [0.15, 0.2) is 0 Å². The number of ether oxygens (including phenoxy) is 1. The highest BCUT2D eigenvalue weighted by Crippen LogP contribution is 2.28. The second-order valence-corrected chi connectivity index (χ2v) is 9.61. The molecule has 0 bridgehead atoms. The first-order chi connectivity index (χ1) is 15.5. The number of nitrogens with zero attached hydrogens (tertiary/aromatic N) is 2. The fourth-order valence-corrected chi connectivity index (χ4v) is 5.02. The van der Waals surface area contributed by atoms with Crippen molar-refractivity contribution in [2.24, 2.45) is 0 Å². The van der Waals surface area contributed by atoms with Gasteiger partial charge >= 0.3 is 0 Å². The lowest BCUT2D eigenvalue weighted by Gasteiger charge is -2.31. The fraction of sp³-hybridized carbons (Fsp3) is 0.391. The van der Waals surface area contributed by atoms with Crippen LogP contribution < -0.4 is 9.46 Å². The van der Waals surface area contributed by atoms with Gasteiger partial charge in [-0.25, -0.2) is 18.1 Å². The zero-order chi connectivity index (χ0) is 22.6. The Morgan fingerprint density at radius 2 is 1.88 bits per heavy atom. The number of piperidine rings is 1. The van der Waals surface area contributed by atoms with Crippen LogP contribution in [0.2, 0.25) is 0 Å². The molecule has 1 amide bonds. The van der Waals surface area contributed by atoms with Crippen molar-refractivity contribution in [1.82, 2.24) is 19.6 Å². The number of imidazole rings is 1.